The summed E-state index contributed by atoms with van der Waals surface area (Å²) in [5.74, 6) is -0.192. The van der Waals surface area contributed by atoms with Crippen molar-refractivity contribution in [3.05, 3.63) is 61.8 Å². The maximum absolute atomic E-state index is 13.9. The van der Waals surface area contributed by atoms with Gasteiger partial charge in [0.1, 0.15) is 19.0 Å². The van der Waals surface area contributed by atoms with Crippen LogP contribution in [0.3, 0.4) is 0 Å². The number of halogens is 2. The van der Waals surface area contributed by atoms with Crippen LogP contribution in [0.2, 0.25) is 0 Å². The normalized spacial score (nSPS) is 17.1. The molecule has 2 aliphatic heterocycles. The minimum atomic E-state index is -0.489. The van der Waals surface area contributed by atoms with Gasteiger partial charge in [0.15, 0.2) is 11.5 Å². The van der Waals surface area contributed by atoms with Gasteiger partial charge in [-0.2, -0.15) is 0 Å². The van der Waals surface area contributed by atoms with Crippen LogP contribution in [0, 0.1) is 9.39 Å². The van der Waals surface area contributed by atoms with Crippen molar-refractivity contribution in [1.29, 1.82) is 0 Å². The fraction of sp³-hybridized carbons (Fsp3) is 0.292. The standard InChI is InChI=1S/C24H22FIN2O5S/c1-32-19-11-15(10-18(26)22(19)33-14-16-6-2-3-7-17(16)25)12-20-23(30)28(24(31)34-20)13-21(29)27-8-4-5-9-27/h2-3,6-7,10-12H,4-5,8-9,13-14H2,1H3/b20-12+. The van der Waals surface area contributed by atoms with Gasteiger partial charge in [0.25, 0.3) is 11.1 Å². The molecule has 0 spiro atoms. The Morgan fingerprint density at radius 2 is 1.94 bits per heavy atom. The predicted octanol–water partition coefficient (Wildman–Crippen LogP) is 4.68. The van der Waals surface area contributed by atoms with Crippen molar-refractivity contribution in [2.45, 2.75) is 19.4 Å². The molecule has 4 rings (SSSR count). The smallest absolute Gasteiger partial charge is 0.294 e. The highest BCUT2D eigenvalue weighted by Crippen LogP contribution is 2.37. The zero-order valence-corrected chi connectivity index (χ0v) is 21.4. The van der Waals surface area contributed by atoms with E-state index < -0.39 is 11.1 Å². The molecular formula is C24H22FIN2O5S. The van der Waals surface area contributed by atoms with Crippen LogP contribution >= 0.6 is 34.4 Å². The first-order valence-corrected chi connectivity index (χ1v) is 12.5. The molecular weight excluding hydrogens is 574 g/mol. The number of nitrogens with zero attached hydrogens (tertiary/aromatic N) is 2. The third-order valence-corrected chi connectivity index (χ3v) is 7.21. The first-order valence-electron chi connectivity index (χ1n) is 10.6. The molecule has 0 aliphatic carbocycles. The summed E-state index contributed by atoms with van der Waals surface area (Å²) in [4.78, 5) is 40.5. The molecule has 2 aromatic carbocycles. The zero-order valence-electron chi connectivity index (χ0n) is 18.4. The van der Waals surface area contributed by atoms with Crippen molar-refractivity contribution in [3.8, 4) is 11.5 Å². The number of likely N-dealkylation sites (tertiary alicyclic amines) is 1. The van der Waals surface area contributed by atoms with Gasteiger partial charge >= 0.3 is 0 Å². The number of carbonyl (C=O) groups excluding carboxylic acids is 3. The molecule has 0 radical (unpaired) electrons. The Labute approximate surface area is 214 Å². The van der Waals surface area contributed by atoms with Crippen LogP contribution in [0.25, 0.3) is 6.08 Å². The largest absolute Gasteiger partial charge is 0.493 e. The molecule has 0 saturated carbocycles. The van der Waals surface area contributed by atoms with E-state index in [1.807, 2.05) is 0 Å². The number of imide groups is 1. The highest BCUT2D eigenvalue weighted by atomic mass is 127. The fourth-order valence-electron chi connectivity index (χ4n) is 3.72. The number of rotatable bonds is 7. The van der Waals surface area contributed by atoms with E-state index in [9.17, 15) is 18.8 Å². The van der Waals surface area contributed by atoms with Gasteiger partial charge in [0, 0.05) is 18.7 Å². The van der Waals surface area contributed by atoms with Gasteiger partial charge in [0.2, 0.25) is 5.91 Å². The highest BCUT2D eigenvalue weighted by Gasteiger charge is 2.37. The van der Waals surface area contributed by atoms with Crippen LogP contribution in [0.1, 0.15) is 24.0 Å². The average Bonchev–Trinajstić information content (AvgIpc) is 3.44. The lowest BCUT2D eigenvalue weighted by molar-refractivity contribution is -0.135. The van der Waals surface area contributed by atoms with Gasteiger partial charge in [-0.05, 0) is 77.0 Å². The molecule has 7 nitrogen and oxygen atoms in total. The van der Waals surface area contributed by atoms with Crippen LogP contribution in [0.5, 0.6) is 11.5 Å². The SMILES string of the molecule is COc1cc(/C=C2/SC(=O)N(CC(=O)N3CCCC3)C2=O)cc(I)c1OCc1ccccc1F. The van der Waals surface area contributed by atoms with E-state index in [-0.39, 0.29) is 29.8 Å². The number of carbonyl (C=O) groups is 3. The monoisotopic (exact) mass is 596 g/mol. The summed E-state index contributed by atoms with van der Waals surface area (Å²) >= 11 is 2.88. The summed E-state index contributed by atoms with van der Waals surface area (Å²) in [7, 11) is 1.49. The van der Waals surface area contributed by atoms with Crippen LogP contribution < -0.4 is 9.47 Å². The summed E-state index contributed by atoms with van der Waals surface area (Å²) in [6.45, 7) is 1.11. The second kappa shape index (κ2) is 10.8. The number of amides is 3. The van der Waals surface area contributed by atoms with Crippen molar-refractivity contribution in [1.82, 2.24) is 9.80 Å². The Bertz CT molecular complexity index is 1170. The Balaban J connectivity index is 1.50. The van der Waals surface area contributed by atoms with E-state index >= 15 is 0 Å². The number of hydrogen-bond acceptors (Lipinski definition) is 6. The van der Waals surface area contributed by atoms with Crippen molar-refractivity contribution in [2.75, 3.05) is 26.7 Å². The maximum atomic E-state index is 13.9. The topological polar surface area (TPSA) is 76.2 Å². The molecule has 2 heterocycles. The zero-order chi connectivity index (χ0) is 24.2. The van der Waals surface area contributed by atoms with Gasteiger partial charge in [0.05, 0.1) is 15.6 Å². The average molecular weight is 596 g/mol. The molecule has 0 bridgehead atoms. The van der Waals surface area contributed by atoms with E-state index in [4.69, 9.17) is 9.47 Å². The van der Waals surface area contributed by atoms with E-state index in [2.05, 4.69) is 22.6 Å². The molecule has 178 valence electrons. The van der Waals surface area contributed by atoms with Crippen molar-refractivity contribution < 1.29 is 28.2 Å². The summed E-state index contributed by atoms with van der Waals surface area (Å²) in [6, 6.07) is 9.83. The summed E-state index contributed by atoms with van der Waals surface area (Å²) < 4.78 is 25.9. The van der Waals surface area contributed by atoms with E-state index in [1.165, 1.54) is 13.2 Å². The van der Waals surface area contributed by atoms with Crippen molar-refractivity contribution in [2.24, 2.45) is 0 Å². The minimum absolute atomic E-state index is 0.0301. The third-order valence-electron chi connectivity index (χ3n) is 5.51. The molecule has 0 atom stereocenters. The van der Waals surface area contributed by atoms with Crippen molar-refractivity contribution >= 4 is 57.5 Å². The second-order valence-corrected chi connectivity index (χ2v) is 9.93. The van der Waals surface area contributed by atoms with Crippen LogP contribution in [0.15, 0.2) is 41.3 Å². The van der Waals surface area contributed by atoms with Crippen LogP contribution in [-0.2, 0) is 16.2 Å². The Kier molecular flexibility index (Phi) is 7.77. The molecule has 10 heteroatoms. The number of benzene rings is 2. The number of hydrogen-bond donors (Lipinski definition) is 0. The van der Waals surface area contributed by atoms with E-state index in [0.717, 1.165) is 29.5 Å². The molecule has 2 saturated heterocycles. The lowest BCUT2D eigenvalue weighted by Crippen LogP contribution is -2.40. The first-order chi connectivity index (χ1) is 16.4. The lowest BCUT2D eigenvalue weighted by atomic mass is 10.1. The number of ether oxygens (including phenoxy) is 2. The summed E-state index contributed by atoms with van der Waals surface area (Å²) in [6.07, 6.45) is 3.47. The van der Waals surface area contributed by atoms with Gasteiger partial charge in [-0.1, -0.05) is 18.2 Å². The van der Waals surface area contributed by atoms with E-state index in [1.54, 1.807) is 41.3 Å². The predicted molar refractivity (Wildman–Crippen MR) is 135 cm³/mol. The molecule has 0 aromatic heterocycles. The molecule has 2 aliphatic rings. The van der Waals surface area contributed by atoms with Gasteiger partial charge in [-0.3, -0.25) is 19.3 Å². The maximum Gasteiger partial charge on any atom is 0.294 e. The molecule has 2 aromatic rings. The van der Waals surface area contributed by atoms with Gasteiger partial charge < -0.3 is 14.4 Å². The summed E-state index contributed by atoms with van der Waals surface area (Å²) in [5, 5.41) is -0.463. The van der Waals surface area contributed by atoms with Gasteiger partial charge in [-0.25, -0.2) is 4.39 Å². The molecule has 34 heavy (non-hydrogen) atoms. The number of methoxy groups -OCH3 is 1. The highest BCUT2D eigenvalue weighted by molar-refractivity contribution is 14.1. The van der Waals surface area contributed by atoms with Gasteiger partial charge in [-0.15, -0.1) is 0 Å². The van der Waals surface area contributed by atoms with Crippen LogP contribution in [0.4, 0.5) is 9.18 Å². The molecule has 3 amide bonds. The van der Waals surface area contributed by atoms with Crippen molar-refractivity contribution in [3.63, 3.8) is 0 Å². The first kappa shape index (κ1) is 24.5. The fourth-order valence-corrected chi connectivity index (χ4v) is 5.34. The lowest BCUT2D eigenvalue weighted by Gasteiger charge is -2.18. The Morgan fingerprint density at radius 1 is 1.21 bits per heavy atom. The summed E-state index contributed by atoms with van der Waals surface area (Å²) in [5.41, 5.74) is 1.05. The Hall–Kier alpha value is -2.60. The van der Waals surface area contributed by atoms with E-state index in [0.29, 0.717) is 39.3 Å². The molecule has 0 N–H and O–H groups in total. The third kappa shape index (κ3) is 5.38. The second-order valence-electron chi connectivity index (χ2n) is 7.77. The molecule has 2 fully saturated rings. The number of thioether (sulfide) groups is 1. The Morgan fingerprint density at radius 3 is 2.65 bits per heavy atom. The molecule has 0 unspecified atom stereocenters. The minimum Gasteiger partial charge on any atom is -0.493 e. The quantitative estimate of drug-likeness (QED) is 0.342. The van der Waals surface area contributed by atoms with Crippen LogP contribution in [-0.4, -0.2) is 53.6 Å².